The molecule has 0 saturated carbocycles. The van der Waals surface area contributed by atoms with Gasteiger partial charge in [0.05, 0.1) is 18.8 Å². The van der Waals surface area contributed by atoms with Crippen LogP contribution in [0.4, 0.5) is 5.00 Å². The Morgan fingerprint density at radius 1 is 1.00 bits per heavy atom. The zero-order chi connectivity index (χ0) is 22.0. The van der Waals surface area contributed by atoms with E-state index in [1.54, 1.807) is 4.90 Å². The summed E-state index contributed by atoms with van der Waals surface area (Å²) in [5.41, 5.74) is 5.13. The molecule has 1 aliphatic heterocycles. The fourth-order valence-corrected chi connectivity index (χ4v) is 5.09. The summed E-state index contributed by atoms with van der Waals surface area (Å²) in [6, 6.07) is 15.7. The molecule has 2 heterocycles. The minimum Gasteiger partial charge on any atom is -0.378 e. The number of anilines is 1. The number of hydrogen-bond acceptors (Lipinski definition) is 4. The number of rotatable bonds is 4. The number of hydrogen-bond donors (Lipinski definition) is 1. The van der Waals surface area contributed by atoms with Gasteiger partial charge in [-0.15, -0.1) is 11.3 Å². The van der Waals surface area contributed by atoms with Crippen molar-refractivity contribution in [3.8, 4) is 10.4 Å². The SMILES string of the molecule is Cc1ccc(C(=O)Nc2sc(-c3ccccc3)c(C)c2C(=O)N2CCOCC2)c(C)c1. The molecule has 0 spiro atoms. The normalized spacial score (nSPS) is 13.8. The van der Waals surface area contributed by atoms with Crippen molar-refractivity contribution in [2.24, 2.45) is 0 Å². The van der Waals surface area contributed by atoms with Gasteiger partial charge in [-0.1, -0.05) is 48.0 Å². The molecule has 0 radical (unpaired) electrons. The van der Waals surface area contributed by atoms with E-state index in [9.17, 15) is 9.59 Å². The molecule has 3 aromatic rings. The number of benzene rings is 2. The Morgan fingerprint density at radius 2 is 1.71 bits per heavy atom. The van der Waals surface area contributed by atoms with Crippen molar-refractivity contribution in [1.82, 2.24) is 4.90 Å². The molecule has 1 fully saturated rings. The molecule has 0 atom stereocenters. The van der Waals surface area contributed by atoms with E-state index in [4.69, 9.17) is 4.74 Å². The number of morpholine rings is 1. The Kier molecular flexibility index (Phi) is 6.20. The van der Waals surface area contributed by atoms with Crippen molar-refractivity contribution in [1.29, 1.82) is 0 Å². The maximum absolute atomic E-state index is 13.4. The van der Waals surface area contributed by atoms with E-state index in [1.165, 1.54) is 11.3 Å². The van der Waals surface area contributed by atoms with Gasteiger partial charge in [0.25, 0.3) is 11.8 Å². The molecule has 0 bridgehead atoms. The van der Waals surface area contributed by atoms with Crippen LogP contribution in [0.1, 0.15) is 37.4 Å². The summed E-state index contributed by atoms with van der Waals surface area (Å²) in [4.78, 5) is 29.3. The molecule has 2 aromatic carbocycles. The van der Waals surface area contributed by atoms with Gasteiger partial charge in [-0.3, -0.25) is 9.59 Å². The molecule has 0 unspecified atom stereocenters. The summed E-state index contributed by atoms with van der Waals surface area (Å²) in [7, 11) is 0. The molecule has 4 rings (SSSR count). The Bertz CT molecular complexity index is 1120. The molecule has 1 aliphatic rings. The van der Waals surface area contributed by atoms with E-state index in [-0.39, 0.29) is 11.8 Å². The van der Waals surface area contributed by atoms with Crippen LogP contribution in [0.25, 0.3) is 10.4 Å². The summed E-state index contributed by atoms with van der Waals surface area (Å²) in [5.74, 6) is -0.260. The number of carbonyl (C=O) groups is 2. The van der Waals surface area contributed by atoms with Crippen molar-refractivity contribution in [2.45, 2.75) is 20.8 Å². The minimum absolute atomic E-state index is 0.0600. The largest absolute Gasteiger partial charge is 0.378 e. The highest BCUT2D eigenvalue weighted by atomic mass is 32.1. The number of amides is 2. The van der Waals surface area contributed by atoms with Gasteiger partial charge in [-0.2, -0.15) is 0 Å². The molecular weight excluding hydrogens is 408 g/mol. The first-order valence-electron chi connectivity index (χ1n) is 10.4. The van der Waals surface area contributed by atoms with E-state index < -0.39 is 0 Å². The second-order valence-corrected chi connectivity index (χ2v) is 8.82. The Hall–Kier alpha value is -2.96. The van der Waals surface area contributed by atoms with Gasteiger partial charge in [0.1, 0.15) is 5.00 Å². The lowest BCUT2D eigenvalue weighted by Crippen LogP contribution is -2.41. The van der Waals surface area contributed by atoms with Crippen LogP contribution < -0.4 is 5.32 Å². The zero-order valence-electron chi connectivity index (χ0n) is 18.0. The van der Waals surface area contributed by atoms with Crippen molar-refractivity contribution >= 4 is 28.2 Å². The van der Waals surface area contributed by atoms with E-state index in [0.29, 0.717) is 42.4 Å². The number of aryl methyl sites for hydroxylation is 2. The average molecular weight is 435 g/mol. The summed E-state index contributed by atoms with van der Waals surface area (Å²) in [5, 5.41) is 3.63. The summed E-state index contributed by atoms with van der Waals surface area (Å²) < 4.78 is 5.40. The van der Waals surface area contributed by atoms with Crippen LogP contribution in [-0.4, -0.2) is 43.0 Å². The second kappa shape index (κ2) is 9.04. The number of carbonyl (C=O) groups excluding carboxylic acids is 2. The third-order valence-corrected chi connectivity index (χ3v) is 6.80. The van der Waals surface area contributed by atoms with Crippen LogP contribution in [0, 0.1) is 20.8 Å². The van der Waals surface area contributed by atoms with E-state index in [0.717, 1.165) is 27.1 Å². The number of ether oxygens (including phenoxy) is 1. The van der Waals surface area contributed by atoms with Crippen LogP contribution in [0.3, 0.4) is 0 Å². The fraction of sp³-hybridized carbons (Fsp3) is 0.280. The second-order valence-electron chi connectivity index (χ2n) is 7.80. The van der Waals surface area contributed by atoms with Crippen molar-refractivity contribution in [3.05, 3.63) is 76.3 Å². The van der Waals surface area contributed by atoms with Crippen LogP contribution in [0.5, 0.6) is 0 Å². The molecule has 160 valence electrons. The van der Waals surface area contributed by atoms with Crippen LogP contribution in [0.15, 0.2) is 48.5 Å². The van der Waals surface area contributed by atoms with Crippen molar-refractivity contribution < 1.29 is 14.3 Å². The lowest BCUT2D eigenvalue weighted by atomic mass is 10.0. The van der Waals surface area contributed by atoms with E-state index in [1.807, 2.05) is 69.3 Å². The highest BCUT2D eigenvalue weighted by molar-refractivity contribution is 7.20. The predicted molar refractivity (Wildman–Crippen MR) is 125 cm³/mol. The summed E-state index contributed by atoms with van der Waals surface area (Å²) >= 11 is 1.45. The lowest BCUT2D eigenvalue weighted by Gasteiger charge is -2.27. The van der Waals surface area contributed by atoms with Gasteiger partial charge >= 0.3 is 0 Å². The number of thiophene rings is 1. The first-order chi connectivity index (χ1) is 15.0. The summed E-state index contributed by atoms with van der Waals surface area (Å²) in [6.07, 6.45) is 0. The Labute approximate surface area is 186 Å². The van der Waals surface area contributed by atoms with Crippen LogP contribution >= 0.6 is 11.3 Å². The van der Waals surface area contributed by atoms with Gasteiger partial charge in [0.15, 0.2) is 0 Å². The van der Waals surface area contributed by atoms with E-state index >= 15 is 0 Å². The van der Waals surface area contributed by atoms with Gasteiger partial charge in [-0.25, -0.2) is 0 Å². The molecule has 5 nitrogen and oxygen atoms in total. The number of nitrogens with zero attached hydrogens (tertiary/aromatic N) is 1. The Balaban J connectivity index is 1.74. The monoisotopic (exact) mass is 434 g/mol. The maximum Gasteiger partial charge on any atom is 0.257 e. The number of nitrogens with one attached hydrogen (secondary N) is 1. The molecule has 1 saturated heterocycles. The topological polar surface area (TPSA) is 58.6 Å². The maximum atomic E-state index is 13.4. The van der Waals surface area contributed by atoms with Crippen molar-refractivity contribution in [2.75, 3.05) is 31.6 Å². The quantitative estimate of drug-likeness (QED) is 0.624. The highest BCUT2D eigenvalue weighted by Gasteiger charge is 2.28. The Morgan fingerprint density at radius 3 is 2.39 bits per heavy atom. The molecule has 6 heteroatoms. The van der Waals surface area contributed by atoms with Crippen LogP contribution in [0.2, 0.25) is 0 Å². The van der Waals surface area contributed by atoms with Gasteiger partial charge < -0.3 is 15.0 Å². The molecule has 0 aliphatic carbocycles. The molecule has 31 heavy (non-hydrogen) atoms. The van der Waals surface area contributed by atoms with Crippen LogP contribution in [-0.2, 0) is 4.74 Å². The smallest absolute Gasteiger partial charge is 0.257 e. The highest BCUT2D eigenvalue weighted by Crippen LogP contribution is 2.40. The molecule has 2 amide bonds. The minimum atomic E-state index is -0.200. The van der Waals surface area contributed by atoms with Gasteiger partial charge in [-0.05, 0) is 43.5 Å². The molecule has 1 aromatic heterocycles. The fourth-order valence-electron chi connectivity index (χ4n) is 3.89. The zero-order valence-corrected chi connectivity index (χ0v) is 18.8. The van der Waals surface area contributed by atoms with Gasteiger partial charge in [0.2, 0.25) is 0 Å². The van der Waals surface area contributed by atoms with E-state index in [2.05, 4.69) is 5.32 Å². The first kappa shape index (κ1) is 21.3. The molecular formula is C25H26N2O3S. The lowest BCUT2D eigenvalue weighted by molar-refractivity contribution is 0.0303. The first-order valence-corrected chi connectivity index (χ1v) is 11.2. The predicted octanol–water partition coefficient (Wildman–Crippen LogP) is 5.07. The van der Waals surface area contributed by atoms with Crippen molar-refractivity contribution in [3.63, 3.8) is 0 Å². The third-order valence-electron chi connectivity index (χ3n) is 5.55. The summed E-state index contributed by atoms with van der Waals surface area (Å²) in [6.45, 7) is 8.06. The molecule has 1 N–H and O–H groups in total. The average Bonchev–Trinajstić information content (AvgIpc) is 3.10. The van der Waals surface area contributed by atoms with Gasteiger partial charge in [0, 0.05) is 23.5 Å². The standard InChI is InChI=1S/C25H26N2O3S/c1-16-9-10-20(17(2)15-16)23(28)26-24-21(25(29)27-11-13-30-14-12-27)18(3)22(31-24)19-7-5-4-6-8-19/h4-10,15H,11-14H2,1-3H3,(H,26,28). The third kappa shape index (κ3) is 4.40.